The van der Waals surface area contributed by atoms with Crippen molar-refractivity contribution in [2.75, 3.05) is 4.90 Å². The minimum absolute atomic E-state index is 0.0184. The van der Waals surface area contributed by atoms with E-state index in [9.17, 15) is 4.79 Å². The van der Waals surface area contributed by atoms with Crippen molar-refractivity contribution in [3.63, 3.8) is 0 Å². The number of terminal acetylenes is 1. The lowest BCUT2D eigenvalue weighted by Gasteiger charge is -2.22. The van der Waals surface area contributed by atoms with Gasteiger partial charge in [-0.3, -0.25) is 9.69 Å². The number of carbonyl (C=O) groups is 1. The van der Waals surface area contributed by atoms with Crippen LogP contribution in [0.2, 0.25) is 0 Å². The standard InChI is InChI=1S/C25H23BrN6O/c1-3-4-12-25(29-30-25)13-11-23(33)32(24-28-21-7-5-6-8-22(21)31(24)2)16-17-15-27-20-10-9-18(26)14-19(17)20/h1,5-10,14-15,27H,4,11-13,16H2,2H3. The van der Waals surface area contributed by atoms with Gasteiger partial charge in [0.05, 0.1) is 17.6 Å². The van der Waals surface area contributed by atoms with Gasteiger partial charge in [0.15, 0.2) is 5.66 Å². The fraction of sp³-hybridized carbons (Fsp3) is 0.280. The van der Waals surface area contributed by atoms with Crippen molar-refractivity contribution in [3.8, 4) is 12.3 Å². The molecule has 4 aromatic rings. The summed E-state index contributed by atoms with van der Waals surface area (Å²) < 4.78 is 2.96. The molecule has 0 saturated carbocycles. The van der Waals surface area contributed by atoms with E-state index in [0.29, 0.717) is 38.2 Å². The number of aryl methyl sites for hydroxylation is 1. The Bertz CT molecular complexity index is 1420. The number of H-pyrrole nitrogens is 1. The maximum Gasteiger partial charge on any atom is 0.229 e. The number of hydrogen-bond donors (Lipinski definition) is 1. The van der Waals surface area contributed by atoms with Crippen molar-refractivity contribution in [1.82, 2.24) is 14.5 Å². The van der Waals surface area contributed by atoms with E-state index in [1.807, 2.05) is 54.2 Å². The number of para-hydroxylation sites is 2. The average Bonchev–Trinajstić information content (AvgIpc) is 3.38. The number of nitrogens with zero attached hydrogens (tertiary/aromatic N) is 5. The Morgan fingerprint density at radius 3 is 2.82 bits per heavy atom. The highest BCUT2D eigenvalue weighted by Gasteiger charge is 2.40. The molecule has 2 aromatic carbocycles. The number of anilines is 1. The van der Waals surface area contributed by atoms with Gasteiger partial charge in [-0.25, -0.2) is 4.98 Å². The van der Waals surface area contributed by atoms with E-state index < -0.39 is 5.66 Å². The van der Waals surface area contributed by atoms with Crippen LogP contribution in [-0.2, 0) is 18.4 Å². The molecule has 0 atom stereocenters. The Morgan fingerprint density at radius 2 is 2.06 bits per heavy atom. The van der Waals surface area contributed by atoms with Crippen molar-refractivity contribution in [1.29, 1.82) is 0 Å². The summed E-state index contributed by atoms with van der Waals surface area (Å²) in [5.41, 5.74) is 3.38. The van der Waals surface area contributed by atoms with Crippen molar-refractivity contribution >= 4 is 49.7 Å². The van der Waals surface area contributed by atoms with Crippen LogP contribution in [0.25, 0.3) is 21.9 Å². The molecule has 0 radical (unpaired) electrons. The quantitative estimate of drug-likeness (QED) is 0.313. The average molecular weight is 503 g/mol. The Labute approximate surface area is 200 Å². The molecule has 0 aliphatic carbocycles. The Hall–Kier alpha value is -3.44. The second-order valence-corrected chi connectivity index (χ2v) is 9.25. The molecule has 2 aromatic heterocycles. The van der Waals surface area contributed by atoms with Crippen LogP contribution in [0.4, 0.5) is 5.95 Å². The van der Waals surface area contributed by atoms with Crippen molar-refractivity contribution in [3.05, 3.63) is 58.7 Å². The minimum atomic E-state index is -0.494. The molecule has 166 valence electrons. The highest BCUT2D eigenvalue weighted by Crippen LogP contribution is 2.38. The molecule has 33 heavy (non-hydrogen) atoms. The first kappa shape index (κ1) is 21.4. The zero-order valence-corrected chi connectivity index (χ0v) is 19.8. The number of hydrogen-bond acceptors (Lipinski definition) is 4. The predicted octanol–water partition coefficient (Wildman–Crippen LogP) is 5.71. The van der Waals surface area contributed by atoms with Crippen LogP contribution in [0, 0.1) is 12.3 Å². The van der Waals surface area contributed by atoms with Crippen LogP contribution in [0.3, 0.4) is 0 Å². The van der Waals surface area contributed by atoms with Gasteiger partial charge in [0.2, 0.25) is 11.9 Å². The van der Waals surface area contributed by atoms with Crippen LogP contribution >= 0.6 is 15.9 Å². The zero-order valence-electron chi connectivity index (χ0n) is 18.3. The topological polar surface area (TPSA) is 78.6 Å². The summed E-state index contributed by atoms with van der Waals surface area (Å²) in [5, 5.41) is 9.43. The highest BCUT2D eigenvalue weighted by molar-refractivity contribution is 9.10. The highest BCUT2D eigenvalue weighted by atomic mass is 79.9. The van der Waals surface area contributed by atoms with Crippen molar-refractivity contribution in [2.24, 2.45) is 17.3 Å². The van der Waals surface area contributed by atoms with E-state index in [-0.39, 0.29) is 5.91 Å². The van der Waals surface area contributed by atoms with Gasteiger partial charge in [-0.15, -0.1) is 12.3 Å². The monoisotopic (exact) mass is 502 g/mol. The first-order chi connectivity index (χ1) is 16.0. The summed E-state index contributed by atoms with van der Waals surface area (Å²) in [6.45, 7) is 0.401. The molecular formula is C25H23BrN6O. The van der Waals surface area contributed by atoms with Gasteiger partial charge in [0, 0.05) is 54.3 Å². The SMILES string of the molecule is C#CCCC1(CCC(=O)N(Cc2c[nH]c3ccc(Br)cc23)c2nc3ccccc3n2C)N=N1. The van der Waals surface area contributed by atoms with Crippen LogP contribution < -0.4 is 4.90 Å². The van der Waals surface area contributed by atoms with E-state index >= 15 is 0 Å². The zero-order chi connectivity index (χ0) is 23.0. The molecule has 3 heterocycles. The summed E-state index contributed by atoms with van der Waals surface area (Å²) in [5.74, 6) is 3.24. The van der Waals surface area contributed by atoms with E-state index in [4.69, 9.17) is 11.4 Å². The van der Waals surface area contributed by atoms with Gasteiger partial charge < -0.3 is 9.55 Å². The number of nitrogens with one attached hydrogen (secondary N) is 1. The second-order valence-electron chi connectivity index (χ2n) is 8.33. The van der Waals surface area contributed by atoms with Gasteiger partial charge in [0.1, 0.15) is 0 Å². The molecule has 8 heteroatoms. The molecule has 1 aliphatic heterocycles. The Balaban J connectivity index is 1.47. The molecular weight excluding hydrogens is 480 g/mol. The van der Waals surface area contributed by atoms with Gasteiger partial charge in [-0.2, -0.15) is 10.2 Å². The molecule has 1 aliphatic rings. The number of imidazole rings is 1. The summed E-state index contributed by atoms with van der Waals surface area (Å²) in [7, 11) is 1.94. The van der Waals surface area contributed by atoms with Gasteiger partial charge >= 0.3 is 0 Å². The van der Waals surface area contributed by atoms with Crippen molar-refractivity contribution < 1.29 is 4.79 Å². The number of amides is 1. The number of rotatable bonds is 8. The van der Waals surface area contributed by atoms with Gasteiger partial charge in [-0.1, -0.05) is 28.1 Å². The predicted molar refractivity (Wildman–Crippen MR) is 133 cm³/mol. The summed E-state index contributed by atoms with van der Waals surface area (Å²) >= 11 is 3.55. The minimum Gasteiger partial charge on any atom is -0.361 e. The van der Waals surface area contributed by atoms with Gasteiger partial charge in [-0.05, 0) is 35.9 Å². The summed E-state index contributed by atoms with van der Waals surface area (Å²) in [4.78, 5) is 23.4. The number of aromatic amines is 1. The lowest BCUT2D eigenvalue weighted by molar-refractivity contribution is -0.119. The summed E-state index contributed by atoms with van der Waals surface area (Å²) in [6, 6.07) is 14.0. The molecule has 1 N–H and O–H groups in total. The first-order valence-corrected chi connectivity index (χ1v) is 11.6. The van der Waals surface area contributed by atoms with E-state index in [1.165, 1.54) is 0 Å². The lowest BCUT2D eigenvalue weighted by Crippen LogP contribution is -2.33. The smallest absolute Gasteiger partial charge is 0.229 e. The fourth-order valence-corrected chi connectivity index (χ4v) is 4.57. The second kappa shape index (κ2) is 8.49. The van der Waals surface area contributed by atoms with E-state index in [1.54, 1.807) is 4.90 Å². The Kier molecular flexibility index (Phi) is 5.51. The molecule has 0 saturated heterocycles. The lowest BCUT2D eigenvalue weighted by atomic mass is 10.0. The molecule has 0 fully saturated rings. The number of aromatic nitrogens is 3. The number of halogens is 1. The summed E-state index contributed by atoms with van der Waals surface area (Å²) in [6.07, 6.45) is 9.50. The molecule has 5 rings (SSSR count). The molecule has 0 unspecified atom stereocenters. The number of benzene rings is 2. The maximum atomic E-state index is 13.6. The molecule has 0 bridgehead atoms. The third-order valence-electron chi connectivity index (χ3n) is 6.16. The number of fused-ring (bicyclic) bond motifs is 2. The Morgan fingerprint density at radius 1 is 1.24 bits per heavy atom. The maximum absolute atomic E-state index is 13.6. The fourth-order valence-electron chi connectivity index (χ4n) is 4.21. The molecule has 7 nitrogen and oxygen atoms in total. The van der Waals surface area contributed by atoms with Crippen molar-refractivity contribution in [2.45, 2.75) is 37.9 Å². The molecule has 0 spiro atoms. The van der Waals surface area contributed by atoms with Crippen LogP contribution in [-0.4, -0.2) is 26.1 Å². The van der Waals surface area contributed by atoms with Gasteiger partial charge in [0.25, 0.3) is 0 Å². The van der Waals surface area contributed by atoms with Crippen LogP contribution in [0.15, 0.2) is 63.4 Å². The first-order valence-electron chi connectivity index (χ1n) is 10.8. The third-order valence-corrected chi connectivity index (χ3v) is 6.65. The van der Waals surface area contributed by atoms with Crippen LogP contribution in [0.1, 0.15) is 31.2 Å². The van der Waals surface area contributed by atoms with E-state index in [0.717, 1.165) is 32.0 Å². The largest absolute Gasteiger partial charge is 0.361 e. The van der Waals surface area contributed by atoms with Crippen LogP contribution in [0.5, 0.6) is 0 Å². The third kappa shape index (κ3) is 4.16. The van der Waals surface area contributed by atoms with E-state index in [2.05, 4.69) is 43.1 Å². The number of carbonyl (C=O) groups excluding carboxylic acids is 1. The molecule has 1 amide bonds. The normalized spacial score (nSPS) is 14.0.